The van der Waals surface area contributed by atoms with Crippen molar-refractivity contribution in [2.24, 2.45) is 0 Å². The molecular weight excluding hydrogens is 321 g/mol. The number of aromatic nitrogens is 1. The second-order valence-corrected chi connectivity index (χ2v) is 6.31. The van der Waals surface area contributed by atoms with Crippen LogP contribution in [0.15, 0.2) is 60.8 Å². The van der Waals surface area contributed by atoms with Crippen molar-refractivity contribution in [3.05, 3.63) is 99.6 Å². The van der Waals surface area contributed by atoms with Crippen molar-refractivity contribution in [3.8, 4) is 0 Å². The number of fused-ring (bicyclic) bond motifs is 2. The SMILES string of the molecule is Fc1cccc2c1CCc1ncccc1/C2=C/c1cccc(Cl)c1. The summed E-state index contributed by atoms with van der Waals surface area (Å²) >= 11 is 6.12. The van der Waals surface area contributed by atoms with Crippen LogP contribution in [-0.4, -0.2) is 4.98 Å². The maximum absolute atomic E-state index is 14.4. The fourth-order valence-electron chi connectivity index (χ4n) is 3.25. The van der Waals surface area contributed by atoms with E-state index in [4.69, 9.17) is 11.6 Å². The maximum atomic E-state index is 14.4. The number of benzene rings is 2. The van der Waals surface area contributed by atoms with Gasteiger partial charge in [0.25, 0.3) is 0 Å². The lowest BCUT2D eigenvalue weighted by Gasteiger charge is -2.12. The zero-order valence-corrected chi connectivity index (χ0v) is 13.7. The molecule has 1 aliphatic rings. The monoisotopic (exact) mass is 335 g/mol. The van der Waals surface area contributed by atoms with E-state index in [1.807, 2.05) is 36.4 Å². The van der Waals surface area contributed by atoms with E-state index >= 15 is 0 Å². The zero-order valence-electron chi connectivity index (χ0n) is 13.0. The predicted octanol–water partition coefficient (Wildman–Crippen LogP) is 5.56. The highest BCUT2D eigenvalue weighted by atomic mass is 35.5. The molecule has 3 heteroatoms. The Labute approximate surface area is 145 Å². The molecule has 1 heterocycles. The van der Waals surface area contributed by atoms with Crippen molar-refractivity contribution in [2.75, 3.05) is 0 Å². The van der Waals surface area contributed by atoms with E-state index in [9.17, 15) is 4.39 Å². The smallest absolute Gasteiger partial charge is 0.127 e. The number of hydrogen-bond acceptors (Lipinski definition) is 1. The van der Waals surface area contributed by atoms with Crippen molar-refractivity contribution in [3.63, 3.8) is 0 Å². The first-order chi connectivity index (χ1) is 11.7. The highest BCUT2D eigenvalue weighted by molar-refractivity contribution is 6.30. The minimum absolute atomic E-state index is 0.155. The molecule has 0 bridgehead atoms. The fourth-order valence-corrected chi connectivity index (χ4v) is 3.45. The normalized spacial score (nSPS) is 14.8. The third-order valence-electron chi connectivity index (χ3n) is 4.36. The molecular formula is C21H15ClFN. The van der Waals surface area contributed by atoms with Gasteiger partial charge < -0.3 is 0 Å². The summed E-state index contributed by atoms with van der Waals surface area (Å²) in [5.74, 6) is -0.155. The van der Waals surface area contributed by atoms with E-state index in [1.165, 1.54) is 6.07 Å². The molecule has 0 saturated heterocycles. The lowest BCUT2D eigenvalue weighted by atomic mass is 9.93. The Morgan fingerprint density at radius 2 is 1.79 bits per heavy atom. The summed E-state index contributed by atoms with van der Waals surface area (Å²) in [6.45, 7) is 0. The molecule has 0 radical (unpaired) electrons. The Kier molecular flexibility index (Phi) is 3.91. The van der Waals surface area contributed by atoms with Crippen molar-refractivity contribution in [2.45, 2.75) is 12.8 Å². The molecule has 1 nitrogen and oxygen atoms in total. The van der Waals surface area contributed by atoms with E-state index in [0.717, 1.165) is 39.9 Å². The predicted molar refractivity (Wildman–Crippen MR) is 96.5 cm³/mol. The molecule has 3 aromatic rings. The summed E-state index contributed by atoms with van der Waals surface area (Å²) in [4.78, 5) is 4.51. The van der Waals surface area contributed by atoms with Gasteiger partial charge in [-0.05, 0) is 65.4 Å². The van der Waals surface area contributed by atoms with Gasteiger partial charge in [0, 0.05) is 22.5 Å². The molecule has 0 spiro atoms. The summed E-state index contributed by atoms with van der Waals surface area (Å²) in [6, 6.07) is 16.9. The summed E-state index contributed by atoms with van der Waals surface area (Å²) in [5.41, 5.74) is 5.73. The van der Waals surface area contributed by atoms with Crippen LogP contribution in [0.2, 0.25) is 5.02 Å². The molecule has 2 aromatic carbocycles. The Morgan fingerprint density at radius 3 is 2.67 bits per heavy atom. The minimum atomic E-state index is -0.155. The Bertz CT molecular complexity index is 946. The third-order valence-corrected chi connectivity index (χ3v) is 4.60. The van der Waals surface area contributed by atoms with Gasteiger partial charge in [0.2, 0.25) is 0 Å². The average Bonchev–Trinajstić information content (AvgIpc) is 2.74. The summed E-state index contributed by atoms with van der Waals surface area (Å²) in [7, 11) is 0. The molecule has 0 aliphatic heterocycles. The van der Waals surface area contributed by atoms with Crippen molar-refractivity contribution in [1.29, 1.82) is 0 Å². The second kappa shape index (κ2) is 6.21. The molecule has 0 unspecified atom stereocenters. The van der Waals surface area contributed by atoms with Crippen LogP contribution < -0.4 is 0 Å². The summed E-state index contributed by atoms with van der Waals surface area (Å²) in [5, 5.41) is 0.684. The van der Waals surface area contributed by atoms with Gasteiger partial charge in [-0.1, -0.05) is 41.9 Å². The molecule has 0 N–H and O–H groups in total. The van der Waals surface area contributed by atoms with Gasteiger partial charge in [0.05, 0.1) is 0 Å². The molecule has 0 atom stereocenters. The summed E-state index contributed by atoms with van der Waals surface area (Å²) < 4.78 is 14.4. The van der Waals surface area contributed by atoms with Crippen molar-refractivity contribution < 1.29 is 4.39 Å². The van der Waals surface area contributed by atoms with E-state index in [-0.39, 0.29) is 5.82 Å². The van der Waals surface area contributed by atoms with Crippen LogP contribution in [-0.2, 0) is 12.8 Å². The molecule has 0 saturated carbocycles. The van der Waals surface area contributed by atoms with Gasteiger partial charge in [-0.25, -0.2) is 4.39 Å². The molecule has 0 amide bonds. The van der Waals surface area contributed by atoms with Crippen molar-refractivity contribution in [1.82, 2.24) is 4.98 Å². The van der Waals surface area contributed by atoms with Gasteiger partial charge in [0.15, 0.2) is 0 Å². The van der Waals surface area contributed by atoms with E-state index in [2.05, 4.69) is 17.1 Å². The quantitative estimate of drug-likeness (QED) is 0.567. The van der Waals surface area contributed by atoms with Crippen molar-refractivity contribution >= 4 is 23.3 Å². The number of rotatable bonds is 1. The number of pyridine rings is 1. The van der Waals surface area contributed by atoms with E-state index in [1.54, 1.807) is 12.3 Å². The highest BCUT2D eigenvalue weighted by Crippen LogP contribution is 2.35. The molecule has 1 aliphatic carbocycles. The van der Waals surface area contributed by atoms with Gasteiger partial charge in [-0.3, -0.25) is 4.98 Å². The largest absolute Gasteiger partial charge is 0.261 e. The Hall–Kier alpha value is -2.45. The lowest BCUT2D eigenvalue weighted by Crippen LogP contribution is -1.96. The van der Waals surface area contributed by atoms with Crippen LogP contribution in [0.5, 0.6) is 0 Å². The molecule has 118 valence electrons. The maximum Gasteiger partial charge on any atom is 0.127 e. The number of nitrogens with zero attached hydrogens (tertiary/aromatic N) is 1. The topological polar surface area (TPSA) is 12.9 Å². The second-order valence-electron chi connectivity index (χ2n) is 5.88. The number of halogens is 2. The van der Waals surface area contributed by atoms with Crippen LogP contribution in [0.25, 0.3) is 11.6 Å². The van der Waals surface area contributed by atoms with Crippen LogP contribution in [0.1, 0.15) is 27.9 Å². The van der Waals surface area contributed by atoms with Gasteiger partial charge in [-0.15, -0.1) is 0 Å². The minimum Gasteiger partial charge on any atom is -0.261 e. The van der Waals surface area contributed by atoms with Gasteiger partial charge in [-0.2, -0.15) is 0 Å². The summed E-state index contributed by atoms with van der Waals surface area (Å²) in [6.07, 6.45) is 5.24. The van der Waals surface area contributed by atoms with E-state index < -0.39 is 0 Å². The molecule has 24 heavy (non-hydrogen) atoms. The van der Waals surface area contributed by atoms with Gasteiger partial charge >= 0.3 is 0 Å². The van der Waals surface area contributed by atoms with Crippen LogP contribution in [0, 0.1) is 5.82 Å². The molecule has 0 fully saturated rings. The first-order valence-electron chi connectivity index (χ1n) is 7.91. The van der Waals surface area contributed by atoms with Crippen LogP contribution >= 0.6 is 11.6 Å². The molecule has 4 rings (SSSR count). The highest BCUT2D eigenvalue weighted by Gasteiger charge is 2.20. The average molecular weight is 336 g/mol. The fraction of sp³-hybridized carbons (Fsp3) is 0.0952. The zero-order chi connectivity index (χ0) is 16.5. The first kappa shape index (κ1) is 15.1. The Balaban J connectivity index is 1.99. The number of aryl methyl sites for hydroxylation is 1. The van der Waals surface area contributed by atoms with Crippen LogP contribution in [0.4, 0.5) is 4.39 Å². The Morgan fingerprint density at radius 1 is 0.958 bits per heavy atom. The van der Waals surface area contributed by atoms with E-state index in [0.29, 0.717) is 11.4 Å². The van der Waals surface area contributed by atoms with Crippen LogP contribution in [0.3, 0.4) is 0 Å². The lowest BCUT2D eigenvalue weighted by molar-refractivity contribution is 0.608. The first-order valence-corrected chi connectivity index (χ1v) is 8.29. The standard InChI is InChI=1S/C21H15ClFN/c22-15-5-1-4-14(12-15)13-19-16-6-2-8-20(23)17(16)9-10-21-18(19)7-3-11-24-21/h1-8,11-13H,9-10H2/b19-13+. The molecule has 1 aromatic heterocycles. The van der Waals surface area contributed by atoms with Gasteiger partial charge in [0.1, 0.15) is 5.82 Å². The third kappa shape index (κ3) is 2.74. The number of hydrogen-bond donors (Lipinski definition) is 0.